The first-order valence-electron chi connectivity index (χ1n) is 28.4. The van der Waals surface area contributed by atoms with Gasteiger partial charge in [-0.2, -0.15) is 0 Å². The summed E-state index contributed by atoms with van der Waals surface area (Å²) in [5.41, 5.74) is 11.9. The van der Waals surface area contributed by atoms with Crippen LogP contribution in [0.5, 0.6) is 0 Å². The molecule has 2 aliphatic carbocycles. The maximum atomic E-state index is 12.4. The molecule has 0 bridgehead atoms. The van der Waals surface area contributed by atoms with Crippen molar-refractivity contribution in [1.82, 2.24) is 29.7 Å². The second kappa shape index (κ2) is 23.2. The van der Waals surface area contributed by atoms with E-state index in [1.165, 1.54) is 65.4 Å². The van der Waals surface area contributed by atoms with Crippen molar-refractivity contribution in [3.05, 3.63) is 155 Å². The van der Waals surface area contributed by atoms with Crippen molar-refractivity contribution in [3.63, 3.8) is 0 Å². The van der Waals surface area contributed by atoms with Crippen molar-refractivity contribution < 1.29 is 48.3 Å². The lowest BCUT2D eigenvalue weighted by atomic mass is 9.74. The van der Waals surface area contributed by atoms with Crippen LogP contribution in [-0.2, 0) is 57.3 Å². The number of hydrogen-bond acceptors (Lipinski definition) is 13. The number of aliphatic hydroxyl groups is 2. The molecular formula is C64H76N6O10. The molecular weight excluding hydrogens is 1010 g/mol. The number of nitrogens with one attached hydrogen (secondary N) is 3. The molecule has 422 valence electrons. The van der Waals surface area contributed by atoms with Gasteiger partial charge in [-0.15, -0.1) is 0 Å². The van der Waals surface area contributed by atoms with Gasteiger partial charge in [0.05, 0.1) is 62.4 Å². The summed E-state index contributed by atoms with van der Waals surface area (Å²) in [6, 6.07) is 25.2. The second-order valence-electron chi connectivity index (χ2n) is 22.8. The molecule has 16 nitrogen and oxygen atoms in total. The molecule has 3 aromatic carbocycles. The van der Waals surface area contributed by atoms with Crippen LogP contribution in [-0.4, -0.2) is 137 Å². The molecule has 13 rings (SSSR count). The van der Waals surface area contributed by atoms with Crippen molar-refractivity contribution in [2.45, 2.75) is 89.9 Å². The number of methoxy groups -OCH3 is 4. The van der Waals surface area contributed by atoms with E-state index >= 15 is 0 Å². The van der Waals surface area contributed by atoms with Crippen LogP contribution in [0.25, 0.3) is 32.7 Å². The largest absolute Gasteiger partial charge is 0.466 e. The van der Waals surface area contributed by atoms with Crippen LogP contribution in [0.2, 0.25) is 0 Å². The minimum absolute atomic E-state index is 0.0366. The Morgan fingerprint density at radius 1 is 0.650 bits per heavy atom. The fraction of sp³-hybridized carbons (Fsp3) is 0.453. The number of carbonyl (C=O) groups excluding carboxylic acids is 3. The Hall–Kier alpha value is -7.11. The molecule has 12 atom stereocenters. The van der Waals surface area contributed by atoms with Gasteiger partial charge in [0.25, 0.3) is 0 Å². The van der Waals surface area contributed by atoms with Crippen LogP contribution >= 0.6 is 0 Å². The van der Waals surface area contributed by atoms with Gasteiger partial charge in [-0.05, 0) is 109 Å². The molecule has 5 aliphatic heterocycles. The predicted molar refractivity (Wildman–Crippen MR) is 305 cm³/mol. The molecule has 0 radical (unpaired) electrons. The van der Waals surface area contributed by atoms with Crippen LogP contribution in [0.1, 0.15) is 68.5 Å². The summed E-state index contributed by atoms with van der Waals surface area (Å²) in [5.74, 6) is 0.135. The number of aliphatic hydroxyl groups excluding tert-OH is 2. The molecule has 1 unspecified atom stereocenters. The van der Waals surface area contributed by atoms with Gasteiger partial charge in [0.1, 0.15) is 0 Å². The quantitative estimate of drug-likeness (QED) is 0.0646. The summed E-state index contributed by atoms with van der Waals surface area (Å²) >= 11 is 0. The number of ether oxygens (including phenoxy) is 5. The Morgan fingerprint density at radius 2 is 1.23 bits per heavy atom. The minimum Gasteiger partial charge on any atom is -0.466 e. The summed E-state index contributed by atoms with van der Waals surface area (Å²) in [7, 11) is 5.92. The number of hydrogen-bond donors (Lipinski definition) is 5. The highest BCUT2D eigenvalue weighted by atomic mass is 16.7. The first-order valence-corrected chi connectivity index (χ1v) is 28.4. The highest BCUT2D eigenvalue weighted by molar-refractivity contribution is 5.91. The van der Waals surface area contributed by atoms with Crippen LogP contribution in [0.4, 0.5) is 0 Å². The average Bonchev–Trinajstić information content (AvgIpc) is 4.37. The number of rotatable bonds is 10. The molecule has 0 spiro atoms. The fourth-order valence-corrected chi connectivity index (χ4v) is 14.3. The third-order valence-electron chi connectivity index (χ3n) is 18.7. The van der Waals surface area contributed by atoms with Gasteiger partial charge in [0.15, 0.2) is 6.29 Å². The minimum atomic E-state index is -0.382. The molecule has 1 saturated heterocycles. The van der Waals surface area contributed by atoms with E-state index < -0.39 is 0 Å². The van der Waals surface area contributed by atoms with Crippen molar-refractivity contribution >= 4 is 50.6 Å². The number of H-pyrrole nitrogens is 3. The lowest BCUT2D eigenvalue weighted by Gasteiger charge is -2.46. The van der Waals surface area contributed by atoms with Gasteiger partial charge in [-0.3, -0.25) is 0 Å². The molecule has 7 aliphatic rings. The van der Waals surface area contributed by atoms with E-state index in [-0.39, 0.29) is 84.1 Å². The molecule has 3 aromatic heterocycles. The number of nitrogens with zero attached hydrogens (tertiary/aromatic N) is 3. The summed E-state index contributed by atoms with van der Waals surface area (Å²) < 4.78 is 26.4. The SMILES string of the molecule is COC(=O)C1=CN(CCc2c[nH]c3ccccc23)C=C2[C@@H]1CC(OC)O[C@H]2C.COC(=O)C1=CN(CCc2c[nH]c3ccccc23)C[C@@H]2[C@@H](C)[C@@H](O)C[C@H]12.COC(=O)C1=CN2CCc3c([nH]c4ccccc34)[C@@H]2[C@@H]2[C@@H](C)[C@@H](O)C[C@H]12. The molecule has 0 amide bonds. The zero-order chi connectivity index (χ0) is 55.9. The number of benzene rings is 3. The Kier molecular flexibility index (Phi) is 15.9. The van der Waals surface area contributed by atoms with Crippen LogP contribution < -0.4 is 0 Å². The normalized spacial score (nSPS) is 28.3. The second-order valence-corrected chi connectivity index (χ2v) is 22.8. The molecule has 2 saturated carbocycles. The van der Waals surface area contributed by atoms with E-state index in [2.05, 4.69) is 123 Å². The summed E-state index contributed by atoms with van der Waals surface area (Å²) in [5, 5.41) is 24.6. The number of para-hydroxylation sites is 3. The first-order chi connectivity index (χ1) is 38.8. The maximum Gasteiger partial charge on any atom is 0.335 e. The average molecular weight is 1090 g/mol. The van der Waals surface area contributed by atoms with E-state index in [0.717, 1.165) is 67.6 Å². The fourth-order valence-electron chi connectivity index (χ4n) is 14.3. The molecule has 16 heteroatoms. The van der Waals surface area contributed by atoms with E-state index in [9.17, 15) is 24.6 Å². The van der Waals surface area contributed by atoms with Crippen LogP contribution in [0.15, 0.2) is 132 Å². The van der Waals surface area contributed by atoms with Crippen molar-refractivity contribution in [3.8, 4) is 0 Å². The Labute approximate surface area is 467 Å². The van der Waals surface area contributed by atoms with Crippen molar-refractivity contribution in [1.29, 1.82) is 0 Å². The van der Waals surface area contributed by atoms with Crippen molar-refractivity contribution in [2.75, 3.05) is 54.6 Å². The van der Waals surface area contributed by atoms with Crippen molar-refractivity contribution in [2.24, 2.45) is 41.4 Å². The molecule has 8 heterocycles. The third-order valence-corrected chi connectivity index (χ3v) is 18.7. The summed E-state index contributed by atoms with van der Waals surface area (Å²) in [6.07, 6.45) is 15.6. The van der Waals surface area contributed by atoms with Gasteiger partial charge in [0, 0.05) is 127 Å². The molecule has 3 fully saturated rings. The van der Waals surface area contributed by atoms with Crippen LogP contribution in [0.3, 0.4) is 0 Å². The number of esters is 3. The van der Waals surface area contributed by atoms with E-state index in [4.69, 9.17) is 23.7 Å². The van der Waals surface area contributed by atoms with Crippen LogP contribution in [0, 0.1) is 41.4 Å². The lowest BCUT2D eigenvalue weighted by molar-refractivity contribution is -0.168. The zero-order valence-electron chi connectivity index (χ0n) is 46.9. The Bertz CT molecular complexity index is 3390. The summed E-state index contributed by atoms with van der Waals surface area (Å²) in [6.45, 7) is 9.57. The van der Waals surface area contributed by atoms with Gasteiger partial charge in [-0.25, -0.2) is 14.4 Å². The van der Waals surface area contributed by atoms with E-state index in [0.29, 0.717) is 36.3 Å². The monoisotopic (exact) mass is 1090 g/mol. The number of aromatic nitrogens is 3. The number of aromatic amines is 3. The Balaban J connectivity index is 0.000000127. The summed E-state index contributed by atoms with van der Waals surface area (Å²) in [4.78, 5) is 54.0. The standard InChI is InChI=1S/C22H26N2O4.C21H24N2O3.C21H26N2O3/c1-14-18-12-24(9-8-15-11-23-20-7-5-4-6-16(15)20)13-19(22(25)27-3)17(18)10-21(26-2)28-14;1-11-17(24)9-14-15(21(25)26-2)10-23-8-7-13-12-5-3-4-6-16(12)22-19(13)20(23)18(11)14;1-13-17-11-23(12-18(21(25)26-2)16(17)9-20(13)24)8-7-14-10-22-19-6-4-3-5-15(14)19/h4-7,11-14,17,21,23H,8-10H2,1-3H3;3-6,10-11,14,17-18,20,22,24H,7-9H2,1-2H3;3-6,10,12-13,16-17,20,22,24H,7-9,11H2,1-2H3/t14-,17-,21?;11-,14+,17-,18+,20-;13-,16+,17-,20+/m001/s1. The highest BCUT2D eigenvalue weighted by Gasteiger charge is 2.53. The van der Waals surface area contributed by atoms with Gasteiger partial charge >= 0.3 is 17.9 Å². The first kappa shape index (κ1) is 54.8. The van der Waals surface area contributed by atoms with Gasteiger partial charge in [-0.1, -0.05) is 68.4 Å². The Morgan fingerprint density at radius 3 is 1.88 bits per heavy atom. The molecule has 80 heavy (non-hydrogen) atoms. The highest BCUT2D eigenvalue weighted by Crippen LogP contribution is 2.55. The maximum absolute atomic E-state index is 12.4. The van der Waals surface area contributed by atoms with Gasteiger partial charge in [0.2, 0.25) is 0 Å². The zero-order valence-corrected chi connectivity index (χ0v) is 46.9. The topological polar surface area (TPSA) is 195 Å². The number of carbonyl (C=O) groups is 3. The third kappa shape index (κ3) is 10.4. The molecule has 6 aromatic rings. The smallest absolute Gasteiger partial charge is 0.335 e. The van der Waals surface area contributed by atoms with E-state index in [1.54, 1.807) is 7.11 Å². The van der Waals surface area contributed by atoms with E-state index in [1.807, 2.05) is 37.7 Å². The van der Waals surface area contributed by atoms with Gasteiger partial charge < -0.3 is 63.5 Å². The lowest BCUT2D eigenvalue weighted by Crippen LogP contribution is -2.44. The molecule has 5 N–H and O–H groups in total. The predicted octanol–water partition coefficient (Wildman–Crippen LogP) is 8.85. The number of fused-ring (bicyclic) bond motifs is 11.